The van der Waals surface area contributed by atoms with Crippen molar-refractivity contribution in [1.82, 2.24) is 14.8 Å². The van der Waals surface area contributed by atoms with Crippen LogP contribution in [0.25, 0.3) is 10.9 Å². The maximum absolute atomic E-state index is 12.1. The predicted octanol–water partition coefficient (Wildman–Crippen LogP) is 2.56. The van der Waals surface area contributed by atoms with Crippen molar-refractivity contribution in [3.8, 4) is 0 Å². The molecule has 2 heterocycles. The van der Waals surface area contributed by atoms with E-state index in [1.165, 1.54) is 27.7 Å². The Kier molecular flexibility index (Phi) is 3.16. The smallest absolute Gasteiger partial charge is 0.319 e. The topological polar surface area (TPSA) is 39.3 Å². The van der Waals surface area contributed by atoms with Gasteiger partial charge in [0.25, 0.3) is 0 Å². The van der Waals surface area contributed by atoms with Crippen molar-refractivity contribution in [2.24, 2.45) is 0 Å². The summed E-state index contributed by atoms with van der Waals surface area (Å²) in [4.78, 5) is 19.2. The van der Waals surface area contributed by atoms with Crippen LogP contribution in [0.1, 0.15) is 16.8 Å². The largest absolute Gasteiger partial charge is 0.358 e. The molecule has 0 aliphatic carbocycles. The lowest BCUT2D eigenvalue weighted by molar-refractivity contribution is 0.173. The van der Waals surface area contributed by atoms with E-state index in [9.17, 15) is 4.79 Å². The van der Waals surface area contributed by atoms with Gasteiger partial charge in [-0.25, -0.2) is 4.79 Å². The van der Waals surface area contributed by atoms with Crippen LogP contribution in [0.2, 0.25) is 0 Å². The highest BCUT2D eigenvalue weighted by Crippen LogP contribution is 2.26. The third-order valence-corrected chi connectivity index (χ3v) is 4.07. The molecule has 2 aromatic rings. The molecule has 4 heteroatoms. The van der Waals surface area contributed by atoms with Gasteiger partial charge in [0, 0.05) is 50.2 Å². The normalized spacial score (nSPS) is 15.1. The summed E-state index contributed by atoms with van der Waals surface area (Å²) in [5.74, 6) is 0. The number of carbonyl (C=O) groups is 1. The molecule has 20 heavy (non-hydrogen) atoms. The van der Waals surface area contributed by atoms with Crippen molar-refractivity contribution >= 4 is 16.9 Å². The van der Waals surface area contributed by atoms with Crippen molar-refractivity contribution in [3.05, 3.63) is 35.0 Å². The zero-order valence-electron chi connectivity index (χ0n) is 12.4. The van der Waals surface area contributed by atoms with Crippen LogP contribution in [0.5, 0.6) is 0 Å². The van der Waals surface area contributed by atoms with Crippen molar-refractivity contribution in [1.29, 1.82) is 0 Å². The molecule has 4 nitrogen and oxygen atoms in total. The number of hydrogen-bond acceptors (Lipinski definition) is 1. The van der Waals surface area contributed by atoms with Gasteiger partial charge in [-0.05, 0) is 31.0 Å². The molecule has 1 aromatic carbocycles. The van der Waals surface area contributed by atoms with E-state index in [0.29, 0.717) is 0 Å². The monoisotopic (exact) mass is 271 g/mol. The fraction of sp³-hybridized carbons (Fsp3) is 0.438. The predicted molar refractivity (Wildman–Crippen MR) is 81.1 cm³/mol. The minimum atomic E-state index is 0.107. The summed E-state index contributed by atoms with van der Waals surface area (Å²) in [5, 5.41) is 1.32. The van der Waals surface area contributed by atoms with Gasteiger partial charge in [0.15, 0.2) is 0 Å². The minimum Gasteiger partial charge on any atom is -0.358 e. The minimum absolute atomic E-state index is 0.107. The molecule has 0 atom stereocenters. The quantitative estimate of drug-likeness (QED) is 0.786. The van der Waals surface area contributed by atoms with Crippen LogP contribution in [0, 0.1) is 6.92 Å². The highest BCUT2D eigenvalue weighted by Gasteiger charge is 2.22. The fourth-order valence-electron chi connectivity index (χ4n) is 3.00. The van der Waals surface area contributed by atoms with E-state index >= 15 is 0 Å². The number of urea groups is 1. The molecule has 1 aliphatic rings. The van der Waals surface area contributed by atoms with Gasteiger partial charge in [-0.3, -0.25) is 0 Å². The van der Waals surface area contributed by atoms with E-state index in [1.807, 2.05) is 19.0 Å². The second-order valence-corrected chi connectivity index (χ2v) is 5.80. The standard InChI is InChI=1S/C16H21N3O/c1-11-4-5-14-13(10-11)12-6-8-19(16(20)18(2)3)9-7-15(12)17-14/h4-5,10,17H,6-9H2,1-3H3. The van der Waals surface area contributed by atoms with Gasteiger partial charge in [0.2, 0.25) is 0 Å². The van der Waals surface area contributed by atoms with Crippen molar-refractivity contribution < 1.29 is 4.79 Å². The lowest BCUT2D eigenvalue weighted by Crippen LogP contribution is -2.40. The summed E-state index contributed by atoms with van der Waals surface area (Å²) in [5.41, 5.74) is 5.18. The summed E-state index contributed by atoms with van der Waals surface area (Å²) in [6.07, 6.45) is 1.83. The van der Waals surface area contributed by atoms with Gasteiger partial charge in [0.05, 0.1) is 0 Å². The lowest BCUT2D eigenvalue weighted by Gasteiger charge is -2.24. The maximum atomic E-state index is 12.1. The van der Waals surface area contributed by atoms with Crippen LogP contribution in [-0.2, 0) is 12.8 Å². The Morgan fingerprint density at radius 3 is 2.75 bits per heavy atom. The van der Waals surface area contributed by atoms with E-state index in [2.05, 4.69) is 30.1 Å². The molecular weight excluding hydrogens is 250 g/mol. The van der Waals surface area contributed by atoms with Gasteiger partial charge in [0.1, 0.15) is 0 Å². The highest BCUT2D eigenvalue weighted by molar-refractivity contribution is 5.85. The number of nitrogens with one attached hydrogen (secondary N) is 1. The molecule has 0 radical (unpaired) electrons. The summed E-state index contributed by atoms with van der Waals surface area (Å²) in [6, 6.07) is 6.64. The van der Waals surface area contributed by atoms with Crippen LogP contribution in [-0.4, -0.2) is 48.0 Å². The number of benzene rings is 1. The SMILES string of the molecule is Cc1ccc2[nH]c3c(c2c1)CCN(C(=O)N(C)C)CC3. The first kappa shape index (κ1) is 13.0. The molecule has 1 aromatic heterocycles. The van der Waals surface area contributed by atoms with Crippen LogP contribution >= 0.6 is 0 Å². The van der Waals surface area contributed by atoms with Crippen molar-refractivity contribution in [2.75, 3.05) is 27.2 Å². The van der Waals surface area contributed by atoms with E-state index in [1.54, 1.807) is 4.90 Å². The summed E-state index contributed by atoms with van der Waals surface area (Å²) < 4.78 is 0. The number of fused-ring (bicyclic) bond motifs is 3. The molecule has 0 bridgehead atoms. The van der Waals surface area contributed by atoms with Crippen LogP contribution in [0.4, 0.5) is 4.79 Å². The number of H-pyrrole nitrogens is 1. The molecule has 0 saturated carbocycles. The summed E-state index contributed by atoms with van der Waals surface area (Å²) in [7, 11) is 3.62. The Balaban J connectivity index is 1.92. The average Bonchev–Trinajstić information content (AvgIpc) is 2.62. The van der Waals surface area contributed by atoms with Gasteiger partial charge < -0.3 is 14.8 Å². The number of nitrogens with zero attached hydrogens (tertiary/aromatic N) is 2. The van der Waals surface area contributed by atoms with Gasteiger partial charge in [-0.1, -0.05) is 11.6 Å². The number of carbonyl (C=O) groups excluding carboxylic acids is 1. The molecule has 3 rings (SSSR count). The van der Waals surface area contributed by atoms with Gasteiger partial charge >= 0.3 is 6.03 Å². The zero-order valence-corrected chi connectivity index (χ0v) is 12.4. The van der Waals surface area contributed by atoms with Gasteiger partial charge in [-0.2, -0.15) is 0 Å². The molecule has 0 saturated heterocycles. The maximum Gasteiger partial charge on any atom is 0.319 e. The molecule has 0 spiro atoms. The molecular formula is C16H21N3O. The fourth-order valence-corrected chi connectivity index (χ4v) is 3.00. The number of aromatic amines is 1. The summed E-state index contributed by atoms with van der Waals surface area (Å²) in [6.45, 7) is 3.71. The molecule has 1 N–H and O–H groups in total. The Hall–Kier alpha value is -1.97. The third kappa shape index (κ3) is 2.15. The number of hydrogen-bond donors (Lipinski definition) is 1. The second-order valence-electron chi connectivity index (χ2n) is 5.80. The molecule has 0 fully saturated rings. The Labute approximate surface area is 119 Å². The van der Waals surface area contributed by atoms with Crippen LogP contribution < -0.4 is 0 Å². The molecule has 1 aliphatic heterocycles. The molecule has 106 valence electrons. The van der Waals surface area contributed by atoms with E-state index < -0.39 is 0 Å². The van der Waals surface area contributed by atoms with E-state index in [4.69, 9.17) is 0 Å². The first-order valence-corrected chi connectivity index (χ1v) is 7.12. The Morgan fingerprint density at radius 2 is 2.00 bits per heavy atom. The number of aromatic nitrogens is 1. The summed E-state index contributed by atoms with van der Waals surface area (Å²) >= 11 is 0. The number of aryl methyl sites for hydroxylation is 1. The third-order valence-electron chi connectivity index (χ3n) is 4.07. The first-order chi connectivity index (χ1) is 9.56. The lowest BCUT2D eigenvalue weighted by atomic mass is 10.1. The highest BCUT2D eigenvalue weighted by atomic mass is 16.2. The number of rotatable bonds is 0. The number of amides is 2. The van der Waals surface area contributed by atoms with E-state index in [-0.39, 0.29) is 6.03 Å². The average molecular weight is 271 g/mol. The Morgan fingerprint density at radius 1 is 1.25 bits per heavy atom. The zero-order chi connectivity index (χ0) is 14.3. The first-order valence-electron chi connectivity index (χ1n) is 7.12. The second kappa shape index (κ2) is 4.85. The Bertz CT molecular complexity index is 657. The van der Waals surface area contributed by atoms with Crippen LogP contribution in [0.3, 0.4) is 0 Å². The molecule has 0 unspecified atom stereocenters. The van der Waals surface area contributed by atoms with Crippen molar-refractivity contribution in [3.63, 3.8) is 0 Å². The molecule has 2 amide bonds. The van der Waals surface area contributed by atoms with Gasteiger partial charge in [-0.15, -0.1) is 0 Å². The van der Waals surface area contributed by atoms with Crippen LogP contribution in [0.15, 0.2) is 18.2 Å². The van der Waals surface area contributed by atoms with E-state index in [0.717, 1.165) is 25.9 Å². The van der Waals surface area contributed by atoms with Crippen molar-refractivity contribution in [2.45, 2.75) is 19.8 Å².